The summed E-state index contributed by atoms with van der Waals surface area (Å²) < 4.78 is 15.8. The molecule has 6 rings (SSSR count). The van der Waals surface area contributed by atoms with Crippen molar-refractivity contribution in [3.05, 3.63) is 51.7 Å². The monoisotopic (exact) mass is 940 g/mol. The number of carbonyl (C=O) groups is 5. The standard InChI is InChI=1S/C39H49N5O22/c45-12-20(48)2-19-5-22-21(43(19)10-32(57)58)3-17(41(22)8-30(53)54)1-18-4-23-24(42(18)9-31(55)56)6-25(44(23)11-33(59)60)34-28(14-47)66-37(39(34,64)36(62)26(49)13-46)40(7-29(51)52)16-38(63)35(61)27(50)15-65-38/h1,3-6,20,26-28,34-37,45-50,61-64H,2,7-16H2,(H4-,51,52,53,54,55,56,57,58,59,60)/p+1. The first-order valence-corrected chi connectivity index (χ1v) is 20.1. The number of aliphatic carboxylic acids is 5. The Hall–Kier alpha value is -5.66. The van der Waals surface area contributed by atoms with E-state index in [0.717, 1.165) is 15.2 Å². The van der Waals surface area contributed by atoms with Crippen molar-refractivity contribution in [1.29, 1.82) is 0 Å². The SMILES string of the molecule is O=C(O)CN(CC1(O)OCC(O)C1O)C1OC(CO)C(c2cc3c(n2CC(=O)O)=CC(=Cc2cc4c(cc(CC(O)CO)n4CC(=O)O)n2CC(=O)O)[N+]=3CC(=O)O)C1(O)C(O)C(O)CO. The van der Waals surface area contributed by atoms with Gasteiger partial charge < -0.3 is 99.8 Å². The molecule has 15 N–H and O–H groups in total. The summed E-state index contributed by atoms with van der Waals surface area (Å²) in [4.78, 5) is 62.0. The molecular weight excluding hydrogens is 890 g/mol. The van der Waals surface area contributed by atoms with Crippen LogP contribution in [0.25, 0.3) is 23.2 Å². The lowest BCUT2D eigenvalue weighted by atomic mass is 9.76. The highest BCUT2D eigenvalue weighted by molar-refractivity contribution is 5.87. The van der Waals surface area contributed by atoms with E-state index in [0.29, 0.717) is 4.90 Å². The number of allylic oxidation sites excluding steroid dienone is 1. The molecule has 0 aromatic carbocycles. The summed E-state index contributed by atoms with van der Waals surface area (Å²) in [5, 5.41) is 157. The van der Waals surface area contributed by atoms with Crippen LogP contribution >= 0.6 is 0 Å². The molecule has 6 heterocycles. The van der Waals surface area contributed by atoms with Crippen molar-refractivity contribution < 1.29 is 110 Å². The molecule has 27 heteroatoms. The van der Waals surface area contributed by atoms with E-state index in [9.17, 15) is 101 Å². The molecule has 3 aromatic heterocycles. The maximum Gasteiger partial charge on any atom is 0.370 e. The van der Waals surface area contributed by atoms with Crippen LogP contribution in [0.3, 0.4) is 0 Å². The fourth-order valence-corrected chi connectivity index (χ4v) is 9.03. The Balaban J connectivity index is 1.58. The summed E-state index contributed by atoms with van der Waals surface area (Å²) in [7, 11) is 0. The molecule has 66 heavy (non-hydrogen) atoms. The topological polar surface area (TPSA) is 428 Å². The number of fused-ring (bicyclic) bond motifs is 2. The molecule has 362 valence electrons. The van der Waals surface area contributed by atoms with E-state index in [1.807, 2.05) is 0 Å². The van der Waals surface area contributed by atoms with Crippen LogP contribution in [0.2, 0.25) is 0 Å². The number of nitrogens with zero attached hydrogens (tertiary/aromatic N) is 5. The van der Waals surface area contributed by atoms with Gasteiger partial charge in [0.15, 0.2) is 0 Å². The van der Waals surface area contributed by atoms with E-state index in [1.54, 1.807) is 0 Å². The average molecular weight is 941 g/mol. The largest absolute Gasteiger partial charge is 0.480 e. The van der Waals surface area contributed by atoms with Gasteiger partial charge in [0, 0.05) is 36.0 Å². The molecule has 3 aliphatic heterocycles. The summed E-state index contributed by atoms with van der Waals surface area (Å²) in [6, 6.07) is 3.96. The maximum absolute atomic E-state index is 12.8. The van der Waals surface area contributed by atoms with E-state index >= 15 is 0 Å². The molecule has 3 aliphatic rings. The number of hydrogen-bond donors (Lipinski definition) is 15. The Morgan fingerprint density at radius 2 is 1.45 bits per heavy atom. The van der Waals surface area contributed by atoms with Crippen molar-refractivity contribution in [1.82, 2.24) is 23.2 Å². The summed E-state index contributed by atoms with van der Waals surface area (Å²) >= 11 is 0. The number of aliphatic hydroxyl groups excluding tert-OH is 8. The minimum absolute atomic E-state index is 0.0102. The fraction of sp³-hybridized carbons (Fsp3) is 0.538. The van der Waals surface area contributed by atoms with Crippen LogP contribution in [-0.2, 0) is 59.5 Å². The van der Waals surface area contributed by atoms with Crippen molar-refractivity contribution >= 4 is 53.0 Å². The number of hydrogen-bond acceptors (Lipinski definition) is 18. The zero-order valence-electron chi connectivity index (χ0n) is 34.6. The molecule has 10 unspecified atom stereocenters. The van der Waals surface area contributed by atoms with Gasteiger partial charge in [0.1, 0.15) is 61.2 Å². The lowest BCUT2D eigenvalue weighted by Crippen LogP contribution is -2.65. The maximum atomic E-state index is 12.8. The lowest BCUT2D eigenvalue weighted by molar-refractivity contribution is -0.255. The third-order valence-corrected chi connectivity index (χ3v) is 11.8. The molecule has 0 saturated carbocycles. The number of aromatic nitrogens is 3. The van der Waals surface area contributed by atoms with Crippen molar-refractivity contribution in [2.75, 3.05) is 46.1 Å². The van der Waals surface area contributed by atoms with Gasteiger partial charge in [-0.2, -0.15) is 4.58 Å². The van der Waals surface area contributed by atoms with Gasteiger partial charge in [-0.3, -0.25) is 24.1 Å². The van der Waals surface area contributed by atoms with Gasteiger partial charge >= 0.3 is 29.8 Å². The number of ether oxygens (including phenoxy) is 2. The molecule has 0 aliphatic carbocycles. The molecule has 2 saturated heterocycles. The fourth-order valence-electron chi connectivity index (χ4n) is 9.03. The van der Waals surface area contributed by atoms with Crippen molar-refractivity contribution in [2.45, 2.75) is 86.2 Å². The minimum atomic E-state index is -3.11. The van der Waals surface area contributed by atoms with Gasteiger partial charge in [0.2, 0.25) is 23.4 Å². The van der Waals surface area contributed by atoms with Gasteiger partial charge in [-0.25, -0.2) is 4.79 Å². The third-order valence-electron chi connectivity index (χ3n) is 11.8. The highest BCUT2D eigenvalue weighted by Crippen LogP contribution is 2.48. The van der Waals surface area contributed by atoms with Crippen LogP contribution < -0.4 is 15.3 Å². The first-order valence-electron chi connectivity index (χ1n) is 20.1. The third kappa shape index (κ3) is 9.34. The summed E-state index contributed by atoms with van der Waals surface area (Å²) in [5.41, 5.74) is -2.81. The first-order chi connectivity index (χ1) is 31.0. The Morgan fingerprint density at radius 3 is 2.00 bits per heavy atom. The van der Waals surface area contributed by atoms with Crippen molar-refractivity contribution in [3.63, 3.8) is 0 Å². The second-order valence-corrected chi connectivity index (χ2v) is 16.2. The van der Waals surface area contributed by atoms with Crippen LogP contribution in [0, 0.1) is 0 Å². The van der Waals surface area contributed by atoms with Crippen LogP contribution in [0.1, 0.15) is 23.0 Å². The van der Waals surface area contributed by atoms with Crippen LogP contribution in [0.5, 0.6) is 0 Å². The van der Waals surface area contributed by atoms with E-state index in [1.165, 1.54) is 33.4 Å². The number of carboxylic acids is 5. The average Bonchev–Trinajstić information content (AvgIpc) is 4.05. The van der Waals surface area contributed by atoms with Gasteiger partial charge in [0.05, 0.1) is 74.4 Å². The Kier molecular flexibility index (Phi) is 14.5. The molecule has 0 amide bonds. The van der Waals surface area contributed by atoms with Crippen LogP contribution in [0.15, 0.2) is 23.9 Å². The molecule has 27 nitrogen and oxygen atoms in total. The molecular formula is C39H50N5O22+. The summed E-state index contributed by atoms with van der Waals surface area (Å²) in [6.07, 6.45) is -11.5. The van der Waals surface area contributed by atoms with E-state index in [2.05, 4.69) is 0 Å². The Bertz CT molecular complexity index is 2550. The molecule has 3 aromatic rings. The van der Waals surface area contributed by atoms with Crippen LogP contribution in [0.4, 0.5) is 0 Å². The van der Waals surface area contributed by atoms with E-state index in [4.69, 9.17) is 9.47 Å². The lowest BCUT2D eigenvalue weighted by Gasteiger charge is -2.44. The zero-order valence-corrected chi connectivity index (χ0v) is 34.6. The first kappa shape index (κ1) is 49.8. The second-order valence-electron chi connectivity index (χ2n) is 16.2. The van der Waals surface area contributed by atoms with E-state index in [-0.39, 0.29) is 50.9 Å². The predicted octanol–water partition coefficient (Wildman–Crippen LogP) is -8.12. The van der Waals surface area contributed by atoms with Gasteiger partial charge in [0.25, 0.3) is 0 Å². The van der Waals surface area contributed by atoms with Crippen LogP contribution in [-0.4, -0.2) is 225 Å². The number of rotatable bonds is 22. The van der Waals surface area contributed by atoms with Gasteiger partial charge in [-0.05, 0) is 12.1 Å². The summed E-state index contributed by atoms with van der Waals surface area (Å²) in [6.45, 7) is -9.14. The molecule has 0 radical (unpaired) electrons. The van der Waals surface area contributed by atoms with Gasteiger partial charge in [-0.15, -0.1) is 0 Å². The highest BCUT2D eigenvalue weighted by Gasteiger charge is 2.65. The molecule has 2 fully saturated rings. The Morgan fingerprint density at radius 1 is 0.833 bits per heavy atom. The second kappa shape index (κ2) is 19.3. The quantitative estimate of drug-likeness (QED) is 0.0416. The highest BCUT2D eigenvalue weighted by atomic mass is 16.7. The van der Waals surface area contributed by atoms with E-state index < -0.39 is 156 Å². The molecule has 0 spiro atoms. The molecule has 0 bridgehead atoms. The smallest absolute Gasteiger partial charge is 0.370 e. The number of aliphatic hydroxyl groups is 10. The zero-order chi connectivity index (χ0) is 48.7. The van der Waals surface area contributed by atoms with Gasteiger partial charge in [-0.1, -0.05) is 0 Å². The van der Waals surface area contributed by atoms with Crippen molar-refractivity contribution in [3.8, 4) is 0 Å². The predicted molar refractivity (Wildman–Crippen MR) is 214 cm³/mol. The van der Waals surface area contributed by atoms with Crippen molar-refractivity contribution in [2.24, 2.45) is 0 Å². The summed E-state index contributed by atoms with van der Waals surface area (Å²) in [5.74, 6) is -12.0. The normalized spacial score (nSPS) is 27.1. The molecule has 10 atom stereocenters. The minimum Gasteiger partial charge on any atom is -0.480 e. The Labute approximate surface area is 369 Å². The number of carboxylic acid groups (broad SMARTS) is 5.